The van der Waals surface area contributed by atoms with Gasteiger partial charge in [0.25, 0.3) is 0 Å². The van der Waals surface area contributed by atoms with E-state index < -0.39 is 0 Å². The molecule has 4 nitrogen and oxygen atoms in total. The summed E-state index contributed by atoms with van der Waals surface area (Å²) >= 11 is 10.8. The predicted molar refractivity (Wildman–Crippen MR) is 94.8 cm³/mol. The summed E-state index contributed by atoms with van der Waals surface area (Å²) in [5.74, 6) is 0.640. The fourth-order valence-electron chi connectivity index (χ4n) is 2.18. The molecule has 3 aromatic rings. The van der Waals surface area contributed by atoms with E-state index >= 15 is 0 Å². The van der Waals surface area contributed by atoms with Gasteiger partial charge in [-0.05, 0) is 48.0 Å². The standard InChI is InChI=1S/C17H10ClN3OS/c18-13-4-2-11(3-5-13)16-14-8-10(1-6-15(14)21-22-16)7-12(9-19)17(20)23/h1-8H,(H2,20,23)/b12-7-. The Bertz CT molecular complexity index is 968. The molecule has 0 atom stereocenters. The number of hydrogen-bond acceptors (Lipinski definition) is 4. The molecule has 112 valence electrons. The van der Waals surface area contributed by atoms with Gasteiger partial charge < -0.3 is 10.3 Å². The van der Waals surface area contributed by atoms with E-state index in [4.69, 9.17) is 39.3 Å². The lowest BCUT2D eigenvalue weighted by atomic mass is 10.0. The van der Waals surface area contributed by atoms with Crippen molar-refractivity contribution >= 4 is 45.8 Å². The number of nitrogens with two attached hydrogens (primary N) is 1. The zero-order chi connectivity index (χ0) is 16.4. The summed E-state index contributed by atoms with van der Waals surface area (Å²) in [6.45, 7) is 0. The molecule has 3 rings (SSSR count). The molecule has 23 heavy (non-hydrogen) atoms. The Kier molecular flexibility index (Phi) is 4.11. The van der Waals surface area contributed by atoms with Gasteiger partial charge >= 0.3 is 0 Å². The molecule has 0 saturated heterocycles. The molecule has 1 heterocycles. The Labute approximate surface area is 142 Å². The number of halogens is 1. The van der Waals surface area contributed by atoms with Crippen molar-refractivity contribution in [1.82, 2.24) is 5.16 Å². The Morgan fingerprint density at radius 3 is 2.65 bits per heavy atom. The van der Waals surface area contributed by atoms with Gasteiger partial charge in [-0.15, -0.1) is 0 Å². The van der Waals surface area contributed by atoms with Gasteiger partial charge in [-0.2, -0.15) is 5.26 Å². The summed E-state index contributed by atoms with van der Waals surface area (Å²) in [6, 6.07) is 14.8. The largest absolute Gasteiger partial charge is 0.389 e. The number of nitrogens with zero attached hydrogens (tertiary/aromatic N) is 2. The number of rotatable bonds is 3. The van der Waals surface area contributed by atoms with E-state index in [0.29, 0.717) is 10.8 Å². The molecular weight excluding hydrogens is 330 g/mol. The van der Waals surface area contributed by atoms with E-state index in [1.807, 2.05) is 36.4 Å². The highest BCUT2D eigenvalue weighted by Gasteiger charge is 2.11. The molecular formula is C17H10ClN3OS. The van der Waals surface area contributed by atoms with Gasteiger partial charge in [0, 0.05) is 10.6 Å². The lowest BCUT2D eigenvalue weighted by Crippen LogP contribution is -2.09. The fraction of sp³-hybridized carbons (Fsp3) is 0. The molecule has 0 fully saturated rings. The first kappa shape index (κ1) is 15.2. The second-order valence-electron chi connectivity index (χ2n) is 4.83. The summed E-state index contributed by atoms with van der Waals surface area (Å²) in [5, 5.41) is 14.6. The van der Waals surface area contributed by atoms with E-state index in [1.54, 1.807) is 18.2 Å². The zero-order valence-electron chi connectivity index (χ0n) is 11.8. The normalized spacial score (nSPS) is 11.4. The minimum absolute atomic E-state index is 0.0656. The van der Waals surface area contributed by atoms with E-state index in [0.717, 1.165) is 22.0 Å². The van der Waals surface area contributed by atoms with Crippen molar-refractivity contribution in [2.24, 2.45) is 5.73 Å². The molecule has 2 aromatic carbocycles. The Morgan fingerprint density at radius 2 is 2.00 bits per heavy atom. The number of thiocarbonyl (C=S) groups is 1. The summed E-state index contributed by atoms with van der Waals surface area (Å²) in [7, 11) is 0. The maximum Gasteiger partial charge on any atom is 0.174 e. The molecule has 0 unspecified atom stereocenters. The summed E-state index contributed by atoms with van der Waals surface area (Å²) in [4.78, 5) is 0.0656. The molecule has 1 aromatic heterocycles. The van der Waals surface area contributed by atoms with Crippen LogP contribution in [-0.4, -0.2) is 10.1 Å². The van der Waals surface area contributed by atoms with Crippen molar-refractivity contribution in [3.63, 3.8) is 0 Å². The van der Waals surface area contributed by atoms with Crippen LogP contribution in [-0.2, 0) is 0 Å². The number of hydrogen-bond donors (Lipinski definition) is 1. The van der Waals surface area contributed by atoms with Crippen LogP contribution in [0.15, 0.2) is 52.6 Å². The highest BCUT2D eigenvalue weighted by molar-refractivity contribution is 7.80. The van der Waals surface area contributed by atoms with E-state index in [9.17, 15) is 0 Å². The van der Waals surface area contributed by atoms with Gasteiger partial charge in [-0.25, -0.2) is 0 Å². The quantitative estimate of drug-likeness (QED) is 0.436. The summed E-state index contributed by atoms with van der Waals surface area (Å²) in [6.07, 6.45) is 1.64. The molecule has 2 N–H and O–H groups in total. The first-order valence-electron chi connectivity index (χ1n) is 6.65. The van der Waals surface area contributed by atoms with Gasteiger partial charge in [-0.3, -0.25) is 0 Å². The van der Waals surface area contributed by atoms with Crippen molar-refractivity contribution < 1.29 is 4.52 Å². The molecule has 0 saturated carbocycles. The number of nitriles is 1. The highest BCUT2D eigenvalue weighted by atomic mass is 35.5. The van der Waals surface area contributed by atoms with Crippen LogP contribution in [0.25, 0.3) is 28.3 Å². The topological polar surface area (TPSA) is 75.8 Å². The monoisotopic (exact) mass is 339 g/mol. The predicted octanol–water partition coefficient (Wildman–Crippen LogP) is 4.34. The SMILES string of the molecule is N#C/C(=C/c1ccc2noc(-c3ccc(Cl)cc3)c2c1)C(N)=S. The smallest absolute Gasteiger partial charge is 0.174 e. The molecule has 0 aliphatic carbocycles. The van der Waals surface area contributed by atoms with Crippen LogP contribution in [0.1, 0.15) is 5.56 Å². The van der Waals surface area contributed by atoms with Crippen LogP contribution in [0, 0.1) is 11.3 Å². The average Bonchev–Trinajstić information content (AvgIpc) is 2.96. The molecule has 6 heteroatoms. The zero-order valence-corrected chi connectivity index (χ0v) is 13.4. The lowest BCUT2D eigenvalue weighted by molar-refractivity contribution is 0.441. The van der Waals surface area contributed by atoms with Crippen LogP contribution in [0.2, 0.25) is 5.02 Å². The van der Waals surface area contributed by atoms with Crippen LogP contribution >= 0.6 is 23.8 Å². The van der Waals surface area contributed by atoms with Gasteiger partial charge in [0.15, 0.2) is 5.76 Å². The maximum atomic E-state index is 9.06. The van der Waals surface area contributed by atoms with Gasteiger partial charge in [0.1, 0.15) is 16.6 Å². The molecule has 0 spiro atoms. The van der Waals surface area contributed by atoms with E-state index in [-0.39, 0.29) is 10.6 Å². The average molecular weight is 340 g/mol. The number of benzene rings is 2. The Balaban J connectivity index is 2.12. The number of aromatic nitrogens is 1. The third-order valence-electron chi connectivity index (χ3n) is 3.30. The van der Waals surface area contributed by atoms with Gasteiger partial charge in [0.2, 0.25) is 0 Å². The molecule has 0 amide bonds. The third-order valence-corrected chi connectivity index (χ3v) is 3.78. The van der Waals surface area contributed by atoms with Crippen molar-refractivity contribution in [1.29, 1.82) is 5.26 Å². The lowest BCUT2D eigenvalue weighted by Gasteiger charge is -1.99. The maximum absolute atomic E-state index is 9.06. The fourth-order valence-corrected chi connectivity index (χ4v) is 2.41. The second-order valence-corrected chi connectivity index (χ2v) is 5.71. The summed E-state index contributed by atoms with van der Waals surface area (Å²) in [5.41, 5.74) is 8.16. The van der Waals surface area contributed by atoms with Crippen molar-refractivity contribution in [3.8, 4) is 17.4 Å². The Morgan fingerprint density at radius 1 is 1.26 bits per heavy atom. The highest BCUT2D eigenvalue weighted by Crippen LogP contribution is 2.30. The van der Waals surface area contributed by atoms with Crippen molar-refractivity contribution in [3.05, 3.63) is 58.6 Å². The second kappa shape index (κ2) is 6.21. The minimum atomic E-state index is 0.0656. The molecule has 0 radical (unpaired) electrons. The molecule has 0 aliphatic heterocycles. The Hall–Kier alpha value is -2.68. The van der Waals surface area contributed by atoms with E-state index in [2.05, 4.69) is 5.16 Å². The van der Waals surface area contributed by atoms with Crippen molar-refractivity contribution in [2.75, 3.05) is 0 Å². The van der Waals surface area contributed by atoms with Crippen molar-refractivity contribution in [2.45, 2.75) is 0 Å². The van der Waals surface area contributed by atoms with Gasteiger partial charge in [-0.1, -0.05) is 35.0 Å². The molecule has 0 aliphatic rings. The molecule has 0 bridgehead atoms. The third kappa shape index (κ3) is 3.09. The van der Waals surface area contributed by atoms with Crippen LogP contribution in [0.5, 0.6) is 0 Å². The van der Waals surface area contributed by atoms with Crippen LogP contribution in [0.4, 0.5) is 0 Å². The summed E-state index contributed by atoms with van der Waals surface area (Å²) < 4.78 is 5.45. The van der Waals surface area contributed by atoms with Gasteiger partial charge in [0.05, 0.1) is 11.0 Å². The minimum Gasteiger partial charge on any atom is -0.389 e. The first-order valence-corrected chi connectivity index (χ1v) is 7.44. The van der Waals surface area contributed by atoms with Crippen LogP contribution < -0.4 is 5.73 Å². The van der Waals surface area contributed by atoms with E-state index in [1.165, 1.54) is 0 Å². The first-order chi connectivity index (χ1) is 11.1. The number of fused-ring (bicyclic) bond motifs is 1. The van der Waals surface area contributed by atoms with Crippen LogP contribution in [0.3, 0.4) is 0 Å².